The van der Waals surface area contributed by atoms with E-state index >= 15 is 0 Å². The summed E-state index contributed by atoms with van der Waals surface area (Å²) in [4.78, 5) is 34.8. The van der Waals surface area contributed by atoms with Gasteiger partial charge in [-0.25, -0.2) is 9.97 Å². The molecule has 0 saturated carbocycles. The van der Waals surface area contributed by atoms with Crippen LogP contribution in [-0.2, 0) is 0 Å². The number of nitrogens with one attached hydrogen (secondary N) is 3. The number of nitro groups is 1. The Morgan fingerprint density at radius 1 is 1.07 bits per heavy atom. The first-order chi connectivity index (χ1) is 13.5. The molecule has 0 saturated heterocycles. The van der Waals surface area contributed by atoms with Crippen LogP contribution in [0.4, 0.5) is 23.0 Å². The zero-order valence-electron chi connectivity index (χ0n) is 15.1. The Morgan fingerprint density at radius 2 is 1.79 bits per heavy atom. The van der Waals surface area contributed by atoms with Gasteiger partial charge in [-0.05, 0) is 43.2 Å². The number of carbonyl (C=O) groups is 1. The molecular weight excluding hydrogens is 362 g/mol. The van der Waals surface area contributed by atoms with E-state index in [2.05, 4.69) is 31.1 Å². The van der Waals surface area contributed by atoms with E-state index in [4.69, 9.17) is 0 Å². The van der Waals surface area contributed by atoms with E-state index < -0.39 is 16.5 Å². The number of aromatic nitrogens is 3. The first-order valence-corrected chi connectivity index (χ1v) is 8.25. The summed E-state index contributed by atoms with van der Waals surface area (Å²) >= 11 is 0. The van der Waals surface area contributed by atoms with Gasteiger partial charge in [0.25, 0.3) is 5.91 Å². The number of hydrogen-bond acceptors (Lipinski definition) is 8. The van der Waals surface area contributed by atoms with Crippen molar-refractivity contribution >= 4 is 28.9 Å². The summed E-state index contributed by atoms with van der Waals surface area (Å²) in [6.07, 6.45) is 4.10. The number of benzene rings is 1. The SMILES string of the molecule is Cc1ccc(C)c(Nc2ncnc(NNC(=O)c3ccncc3)c2[N+](=O)[O-])c1. The van der Waals surface area contributed by atoms with Crippen LogP contribution in [-0.4, -0.2) is 25.8 Å². The Hall–Kier alpha value is -4.08. The molecule has 2 aromatic heterocycles. The van der Waals surface area contributed by atoms with Gasteiger partial charge in [-0.2, -0.15) is 0 Å². The largest absolute Gasteiger partial charge is 0.355 e. The summed E-state index contributed by atoms with van der Waals surface area (Å²) in [5.74, 6) is -0.621. The maximum Gasteiger partial charge on any atom is 0.355 e. The number of carbonyl (C=O) groups excluding carboxylic acids is 1. The molecule has 3 N–H and O–H groups in total. The minimum atomic E-state index is -0.617. The minimum Gasteiger partial charge on any atom is -0.334 e. The highest BCUT2D eigenvalue weighted by atomic mass is 16.6. The van der Waals surface area contributed by atoms with Gasteiger partial charge in [0.2, 0.25) is 11.6 Å². The highest BCUT2D eigenvalue weighted by Crippen LogP contribution is 2.31. The lowest BCUT2D eigenvalue weighted by Gasteiger charge is -2.12. The Bertz CT molecular complexity index is 1020. The van der Waals surface area contributed by atoms with Gasteiger partial charge in [0.15, 0.2) is 0 Å². The van der Waals surface area contributed by atoms with E-state index in [0.717, 1.165) is 11.1 Å². The minimum absolute atomic E-state index is 0.00867. The first kappa shape index (κ1) is 18.7. The summed E-state index contributed by atoms with van der Waals surface area (Å²) in [5.41, 5.74) is 7.41. The number of hydrazine groups is 1. The Balaban J connectivity index is 1.86. The topological polar surface area (TPSA) is 135 Å². The van der Waals surface area contributed by atoms with Gasteiger partial charge in [-0.1, -0.05) is 12.1 Å². The summed E-state index contributed by atoms with van der Waals surface area (Å²) in [6, 6.07) is 8.73. The maximum atomic E-state index is 12.1. The number of hydrogen-bond donors (Lipinski definition) is 3. The molecule has 3 aromatic rings. The lowest BCUT2D eigenvalue weighted by atomic mass is 10.1. The smallest absolute Gasteiger partial charge is 0.334 e. The van der Waals surface area contributed by atoms with Crippen molar-refractivity contribution < 1.29 is 9.72 Å². The normalized spacial score (nSPS) is 10.2. The molecule has 10 heteroatoms. The zero-order valence-corrected chi connectivity index (χ0v) is 15.1. The molecule has 0 aliphatic heterocycles. The lowest BCUT2D eigenvalue weighted by Crippen LogP contribution is -2.30. The van der Waals surface area contributed by atoms with E-state index in [1.807, 2.05) is 32.0 Å². The van der Waals surface area contributed by atoms with Crippen molar-refractivity contribution in [2.45, 2.75) is 13.8 Å². The van der Waals surface area contributed by atoms with Gasteiger partial charge < -0.3 is 5.32 Å². The predicted molar refractivity (Wildman–Crippen MR) is 103 cm³/mol. The second kappa shape index (κ2) is 8.08. The molecule has 0 bridgehead atoms. The van der Waals surface area contributed by atoms with E-state index in [-0.39, 0.29) is 11.6 Å². The molecule has 1 amide bonds. The maximum absolute atomic E-state index is 12.1. The molecule has 0 atom stereocenters. The Morgan fingerprint density at radius 3 is 2.50 bits per heavy atom. The van der Waals surface area contributed by atoms with Crippen molar-refractivity contribution in [1.82, 2.24) is 20.4 Å². The number of amides is 1. The Kier molecular flexibility index (Phi) is 5.40. The second-order valence-corrected chi connectivity index (χ2v) is 5.93. The zero-order chi connectivity index (χ0) is 20.1. The molecule has 0 radical (unpaired) electrons. The molecule has 0 aliphatic carbocycles. The number of pyridine rings is 1. The van der Waals surface area contributed by atoms with Crippen molar-refractivity contribution in [3.63, 3.8) is 0 Å². The average Bonchev–Trinajstić information content (AvgIpc) is 2.69. The van der Waals surface area contributed by atoms with E-state index in [0.29, 0.717) is 11.3 Å². The summed E-state index contributed by atoms with van der Waals surface area (Å²) in [7, 11) is 0. The van der Waals surface area contributed by atoms with Gasteiger partial charge in [-0.3, -0.25) is 30.7 Å². The number of nitrogens with zero attached hydrogens (tertiary/aromatic N) is 4. The standard InChI is InChI=1S/C18H17N7O3/c1-11-3-4-12(2)14(9-11)22-16-15(25(27)28)17(21-10-20-16)23-24-18(26)13-5-7-19-8-6-13/h3-10H,1-2H3,(H,24,26)(H2,20,21,22,23). The molecule has 3 rings (SSSR count). The molecule has 0 unspecified atom stereocenters. The second-order valence-electron chi connectivity index (χ2n) is 5.93. The van der Waals surface area contributed by atoms with Gasteiger partial charge in [0, 0.05) is 23.6 Å². The third-order valence-corrected chi connectivity index (χ3v) is 3.89. The monoisotopic (exact) mass is 379 g/mol. The van der Waals surface area contributed by atoms with Crippen molar-refractivity contribution in [3.8, 4) is 0 Å². The van der Waals surface area contributed by atoms with Crippen LogP contribution < -0.4 is 16.2 Å². The van der Waals surface area contributed by atoms with Gasteiger partial charge in [0.05, 0.1) is 4.92 Å². The summed E-state index contributed by atoms with van der Waals surface area (Å²) in [6.45, 7) is 3.80. The Labute approximate surface area is 160 Å². The molecule has 142 valence electrons. The van der Waals surface area contributed by atoms with Crippen molar-refractivity contribution in [3.05, 3.63) is 75.9 Å². The van der Waals surface area contributed by atoms with Crippen LogP contribution in [0.3, 0.4) is 0 Å². The van der Waals surface area contributed by atoms with Crippen LogP contribution in [0.25, 0.3) is 0 Å². The molecule has 0 fully saturated rings. The van der Waals surface area contributed by atoms with Crippen LogP contribution >= 0.6 is 0 Å². The van der Waals surface area contributed by atoms with Gasteiger partial charge >= 0.3 is 5.69 Å². The van der Waals surface area contributed by atoms with Crippen LogP contribution in [0.2, 0.25) is 0 Å². The highest BCUT2D eigenvalue weighted by Gasteiger charge is 2.24. The van der Waals surface area contributed by atoms with Crippen LogP contribution in [0, 0.1) is 24.0 Å². The third-order valence-electron chi connectivity index (χ3n) is 3.89. The van der Waals surface area contributed by atoms with Crippen LogP contribution in [0.1, 0.15) is 21.5 Å². The number of rotatable bonds is 6. The highest BCUT2D eigenvalue weighted by molar-refractivity contribution is 5.94. The fourth-order valence-corrected chi connectivity index (χ4v) is 2.42. The molecule has 0 aliphatic rings. The van der Waals surface area contributed by atoms with Crippen molar-refractivity contribution in [2.75, 3.05) is 10.7 Å². The van der Waals surface area contributed by atoms with Gasteiger partial charge in [0.1, 0.15) is 6.33 Å². The third kappa shape index (κ3) is 4.18. The van der Waals surface area contributed by atoms with Crippen molar-refractivity contribution in [2.24, 2.45) is 0 Å². The lowest BCUT2D eigenvalue weighted by molar-refractivity contribution is -0.383. The number of anilines is 3. The fourth-order valence-electron chi connectivity index (χ4n) is 2.42. The van der Waals surface area contributed by atoms with E-state index in [1.54, 1.807) is 0 Å². The molecule has 10 nitrogen and oxygen atoms in total. The van der Waals surface area contributed by atoms with E-state index in [1.165, 1.54) is 30.9 Å². The fraction of sp³-hybridized carbons (Fsp3) is 0.111. The average molecular weight is 379 g/mol. The van der Waals surface area contributed by atoms with Crippen LogP contribution in [0.15, 0.2) is 49.1 Å². The van der Waals surface area contributed by atoms with Gasteiger partial charge in [-0.15, -0.1) is 0 Å². The van der Waals surface area contributed by atoms with Crippen molar-refractivity contribution in [1.29, 1.82) is 0 Å². The molecule has 1 aromatic carbocycles. The molecular formula is C18H17N7O3. The molecule has 28 heavy (non-hydrogen) atoms. The molecule has 2 heterocycles. The van der Waals surface area contributed by atoms with Crippen LogP contribution in [0.5, 0.6) is 0 Å². The summed E-state index contributed by atoms with van der Waals surface area (Å²) in [5, 5.41) is 14.6. The predicted octanol–water partition coefficient (Wildman–Crippen LogP) is 2.90. The first-order valence-electron chi connectivity index (χ1n) is 8.25. The summed E-state index contributed by atoms with van der Waals surface area (Å²) < 4.78 is 0. The molecule has 0 spiro atoms. The quantitative estimate of drug-likeness (QED) is 0.439. The van der Waals surface area contributed by atoms with E-state index in [9.17, 15) is 14.9 Å². The number of aryl methyl sites for hydroxylation is 2.